The van der Waals surface area contributed by atoms with Crippen molar-refractivity contribution in [2.24, 2.45) is 0 Å². The lowest BCUT2D eigenvalue weighted by atomic mass is 10.2. The Kier molecular flexibility index (Phi) is 3.88. The van der Waals surface area contributed by atoms with Crippen molar-refractivity contribution < 1.29 is 18.3 Å². The Labute approximate surface area is 118 Å². The number of aryl methyl sites for hydroxylation is 2. The first-order valence-corrected chi connectivity index (χ1v) is 8.03. The quantitative estimate of drug-likeness (QED) is 0.886. The number of hydrogen-bond donors (Lipinski definition) is 1. The summed E-state index contributed by atoms with van der Waals surface area (Å²) in [5.41, 5.74) is 0.974. The molecule has 1 atom stereocenters. The number of aromatic nitrogens is 2. The van der Waals surface area contributed by atoms with Gasteiger partial charge >= 0.3 is 5.97 Å². The molecule has 1 saturated heterocycles. The van der Waals surface area contributed by atoms with E-state index in [4.69, 9.17) is 5.11 Å². The summed E-state index contributed by atoms with van der Waals surface area (Å²) < 4.78 is 28.2. The van der Waals surface area contributed by atoms with Crippen LogP contribution >= 0.6 is 0 Å². The third-order valence-corrected chi connectivity index (χ3v) is 5.83. The smallest absolute Gasteiger partial charge is 0.322 e. The topological polar surface area (TPSA) is 92.5 Å². The molecule has 8 heteroatoms. The summed E-state index contributed by atoms with van der Waals surface area (Å²) in [7, 11) is -3.81. The van der Waals surface area contributed by atoms with Crippen molar-refractivity contribution in [1.29, 1.82) is 0 Å². The molecule has 0 spiro atoms. The molecule has 1 fully saturated rings. The third kappa shape index (κ3) is 2.22. The number of carboxylic acids is 1. The van der Waals surface area contributed by atoms with Crippen LogP contribution in [0, 0.1) is 13.8 Å². The van der Waals surface area contributed by atoms with Gasteiger partial charge in [-0.1, -0.05) is 0 Å². The van der Waals surface area contributed by atoms with E-state index in [-0.39, 0.29) is 11.4 Å². The number of carboxylic acid groups (broad SMARTS) is 1. The van der Waals surface area contributed by atoms with Gasteiger partial charge in [-0.3, -0.25) is 9.48 Å². The van der Waals surface area contributed by atoms with Crippen LogP contribution in [0.25, 0.3) is 0 Å². The van der Waals surface area contributed by atoms with Gasteiger partial charge < -0.3 is 5.11 Å². The fourth-order valence-corrected chi connectivity index (χ4v) is 4.78. The highest BCUT2D eigenvalue weighted by Crippen LogP contribution is 2.29. The van der Waals surface area contributed by atoms with Gasteiger partial charge in [0.2, 0.25) is 10.0 Å². The van der Waals surface area contributed by atoms with Crippen LogP contribution in [0.1, 0.15) is 31.2 Å². The van der Waals surface area contributed by atoms with Crippen LogP contribution in [0.4, 0.5) is 0 Å². The summed E-state index contributed by atoms with van der Waals surface area (Å²) in [6, 6.07) is -0.969. The monoisotopic (exact) mass is 301 g/mol. The van der Waals surface area contributed by atoms with Crippen LogP contribution in [-0.4, -0.2) is 46.2 Å². The van der Waals surface area contributed by atoms with Gasteiger partial charge in [0.15, 0.2) is 0 Å². The highest BCUT2D eigenvalue weighted by Gasteiger charge is 2.41. The second-order valence-corrected chi connectivity index (χ2v) is 6.76. The Hall–Kier alpha value is -1.41. The van der Waals surface area contributed by atoms with Crippen molar-refractivity contribution in [2.45, 2.75) is 51.1 Å². The molecule has 1 N–H and O–H groups in total. The van der Waals surface area contributed by atoms with Crippen LogP contribution < -0.4 is 0 Å². The Morgan fingerprint density at radius 2 is 2.10 bits per heavy atom. The second kappa shape index (κ2) is 5.17. The summed E-state index contributed by atoms with van der Waals surface area (Å²) in [6.07, 6.45) is 0.921. The lowest BCUT2D eigenvalue weighted by molar-refractivity contribution is -0.140. The highest BCUT2D eigenvalue weighted by atomic mass is 32.2. The molecule has 0 saturated carbocycles. The van der Waals surface area contributed by atoms with E-state index in [1.807, 2.05) is 6.92 Å². The Bertz CT molecular complexity index is 635. The van der Waals surface area contributed by atoms with E-state index in [9.17, 15) is 13.2 Å². The second-order valence-electron chi connectivity index (χ2n) is 4.93. The van der Waals surface area contributed by atoms with Gasteiger partial charge in [-0.25, -0.2) is 8.42 Å². The van der Waals surface area contributed by atoms with Crippen molar-refractivity contribution in [1.82, 2.24) is 14.1 Å². The van der Waals surface area contributed by atoms with Crippen LogP contribution in [0.15, 0.2) is 4.90 Å². The van der Waals surface area contributed by atoms with E-state index in [1.54, 1.807) is 18.5 Å². The van der Waals surface area contributed by atoms with Gasteiger partial charge in [0.05, 0.1) is 11.4 Å². The molecule has 0 radical (unpaired) electrons. The van der Waals surface area contributed by atoms with Gasteiger partial charge in [-0.15, -0.1) is 0 Å². The van der Waals surface area contributed by atoms with E-state index in [1.165, 1.54) is 0 Å². The molecule has 1 aromatic heterocycles. The SMILES string of the molecule is CCn1nc(C)c(S(=O)(=O)N2CCC[C@H]2C(=O)O)c1C. The first-order valence-electron chi connectivity index (χ1n) is 6.59. The molecule has 0 amide bonds. The minimum absolute atomic E-state index is 0.146. The molecule has 0 bridgehead atoms. The minimum atomic E-state index is -3.81. The zero-order valence-corrected chi connectivity index (χ0v) is 12.6. The minimum Gasteiger partial charge on any atom is -0.480 e. The lowest BCUT2D eigenvalue weighted by Crippen LogP contribution is -2.40. The maximum absolute atomic E-state index is 12.7. The average Bonchev–Trinajstić information content (AvgIpc) is 2.94. The van der Waals surface area contributed by atoms with Crippen molar-refractivity contribution in [3.8, 4) is 0 Å². The predicted octanol–water partition coefficient (Wildman–Crippen LogP) is 0.758. The van der Waals surface area contributed by atoms with Crippen LogP contribution in [-0.2, 0) is 21.4 Å². The first-order chi connectivity index (χ1) is 9.30. The third-order valence-electron chi connectivity index (χ3n) is 3.67. The predicted molar refractivity (Wildman–Crippen MR) is 71.9 cm³/mol. The molecule has 0 aromatic carbocycles. The molecular weight excluding hydrogens is 282 g/mol. The van der Waals surface area contributed by atoms with Gasteiger partial charge in [-0.2, -0.15) is 9.40 Å². The molecule has 112 valence electrons. The van der Waals surface area contributed by atoms with Gasteiger partial charge in [0.25, 0.3) is 0 Å². The molecule has 1 aromatic rings. The Morgan fingerprint density at radius 1 is 1.45 bits per heavy atom. The fourth-order valence-electron chi connectivity index (χ4n) is 2.75. The number of sulfonamides is 1. The normalized spacial score (nSPS) is 20.4. The molecule has 0 unspecified atom stereocenters. The summed E-state index contributed by atoms with van der Waals surface area (Å²) >= 11 is 0. The van der Waals surface area contributed by atoms with Crippen molar-refractivity contribution in [2.75, 3.05) is 6.54 Å². The van der Waals surface area contributed by atoms with Gasteiger partial charge in [0.1, 0.15) is 10.9 Å². The molecule has 20 heavy (non-hydrogen) atoms. The van der Waals surface area contributed by atoms with Gasteiger partial charge in [-0.05, 0) is 33.6 Å². The maximum atomic E-state index is 12.7. The number of hydrogen-bond acceptors (Lipinski definition) is 4. The molecule has 0 aliphatic carbocycles. The van der Waals surface area contributed by atoms with E-state index < -0.39 is 22.0 Å². The summed E-state index contributed by atoms with van der Waals surface area (Å²) in [5.74, 6) is -1.09. The molecule has 1 aliphatic heterocycles. The lowest BCUT2D eigenvalue weighted by Gasteiger charge is -2.21. The van der Waals surface area contributed by atoms with E-state index >= 15 is 0 Å². The van der Waals surface area contributed by atoms with Crippen LogP contribution in [0.2, 0.25) is 0 Å². The molecule has 2 heterocycles. The molecule has 7 nitrogen and oxygen atoms in total. The Morgan fingerprint density at radius 3 is 2.60 bits per heavy atom. The fraction of sp³-hybridized carbons (Fsp3) is 0.667. The van der Waals surface area contributed by atoms with E-state index in [0.717, 1.165) is 4.31 Å². The van der Waals surface area contributed by atoms with Crippen molar-refractivity contribution >= 4 is 16.0 Å². The average molecular weight is 301 g/mol. The van der Waals surface area contributed by atoms with Crippen molar-refractivity contribution in [3.05, 3.63) is 11.4 Å². The highest BCUT2D eigenvalue weighted by molar-refractivity contribution is 7.89. The maximum Gasteiger partial charge on any atom is 0.322 e. The summed E-state index contributed by atoms with van der Waals surface area (Å²) in [6.45, 7) is 6.03. The van der Waals surface area contributed by atoms with Gasteiger partial charge in [0, 0.05) is 13.1 Å². The van der Waals surface area contributed by atoms with Crippen LogP contribution in [0.3, 0.4) is 0 Å². The number of rotatable bonds is 4. The number of aliphatic carboxylic acids is 1. The number of carbonyl (C=O) groups is 1. The van der Waals surface area contributed by atoms with Crippen molar-refractivity contribution in [3.63, 3.8) is 0 Å². The molecule has 1 aliphatic rings. The summed E-state index contributed by atoms with van der Waals surface area (Å²) in [5, 5.41) is 13.4. The Balaban J connectivity index is 2.51. The number of nitrogens with zero attached hydrogens (tertiary/aromatic N) is 3. The van der Waals surface area contributed by atoms with E-state index in [0.29, 0.717) is 30.8 Å². The largest absolute Gasteiger partial charge is 0.480 e. The zero-order chi connectivity index (χ0) is 15.1. The first kappa shape index (κ1) is 15.0. The summed E-state index contributed by atoms with van der Waals surface area (Å²) in [4.78, 5) is 11.3. The molecule has 2 rings (SSSR count). The van der Waals surface area contributed by atoms with E-state index in [2.05, 4.69) is 5.10 Å². The van der Waals surface area contributed by atoms with Crippen LogP contribution in [0.5, 0.6) is 0 Å². The molecular formula is C12H19N3O4S. The standard InChI is InChI=1S/C12H19N3O4S/c1-4-14-9(3)11(8(2)13-14)20(18,19)15-7-5-6-10(15)12(16)17/h10H,4-7H2,1-3H3,(H,16,17)/t10-/m0/s1. The zero-order valence-electron chi connectivity index (χ0n) is 11.8.